The Morgan fingerprint density at radius 1 is 1.17 bits per heavy atom. The number of hydrogen-bond acceptors (Lipinski definition) is 4. The van der Waals surface area contributed by atoms with E-state index in [0.29, 0.717) is 6.54 Å². The first-order valence-corrected chi connectivity index (χ1v) is 5.84. The van der Waals surface area contributed by atoms with Gasteiger partial charge < -0.3 is 10.5 Å². The first-order valence-electron chi connectivity index (χ1n) is 5.84. The summed E-state index contributed by atoms with van der Waals surface area (Å²) in [4.78, 5) is 0. The fraction of sp³-hybridized carbons (Fsp3) is 0.286. The Balaban J connectivity index is 2.54. The molecule has 0 aliphatic carbocycles. The van der Waals surface area contributed by atoms with Gasteiger partial charge in [-0.2, -0.15) is 10.2 Å². The van der Waals surface area contributed by atoms with Gasteiger partial charge in [0.05, 0.1) is 18.5 Å². The van der Waals surface area contributed by atoms with E-state index < -0.39 is 0 Å². The van der Waals surface area contributed by atoms with Crippen molar-refractivity contribution in [3.63, 3.8) is 0 Å². The van der Waals surface area contributed by atoms with Crippen molar-refractivity contribution in [1.82, 2.24) is 10.2 Å². The van der Waals surface area contributed by atoms with Crippen LogP contribution in [0.1, 0.15) is 16.8 Å². The summed E-state index contributed by atoms with van der Waals surface area (Å²) >= 11 is 0. The molecule has 1 aromatic heterocycles. The van der Waals surface area contributed by atoms with Gasteiger partial charge in [0.15, 0.2) is 0 Å². The number of benzene rings is 1. The number of nitrogens with two attached hydrogens (primary N) is 1. The summed E-state index contributed by atoms with van der Waals surface area (Å²) < 4.78 is 5.45. The van der Waals surface area contributed by atoms with E-state index in [1.54, 1.807) is 7.11 Å². The lowest BCUT2D eigenvalue weighted by molar-refractivity contribution is 0.413. The molecule has 0 amide bonds. The smallest absolute Gasteiger partial charge is 0.131 e. The van der Waals surface area contributed by atoms with Crippen LogP contribution in [-0.2, 0) is 6.54 Å². The molecule has 2 aromatic rings. The molecule has 0 saturated heterocycles. The van der Waals surface area contributed by atoms with E-state index in [4.69, 9.17) is 10.5 Å². The lowest BCUT2D eigenvalue weighted by atomic mass is 10.0. The molecule has 4 heteroatoms. The fourth-order valence-corrected chi connectivity index (χ4v) is 2.03. The Labute approximate surface area is 107 Å². The highest BCUT2D eigenvalue weighted by Crippen LogP contribution is 2.32. The van der Waals surface area contributed by atoms with Crippen LogP contribution in [0, 0.1) is 13.8 Å². The highest BCUT2D eigenvalue weighted by molar-refractivity contribution is 5.69. The second-order valence-corrected chi connectivity index (χ2v) is 4.28. The molecule has 0 saturated carbocycles. The van der Waals surface area contributed by atoms with Gasteiger partial charge >= 0.3 is 0 Å². The molecule has 1 heterocycles. The Morgan fingerprint density at radius 2 is 1.94 bits per heavy atom. The summed E-state index contributed by atoms with van der Waals surface area (Å²) in [6.45, 7) is 4.48. The van der Waals surface area contributed by atoms with E-state index in [2.05, 4.69) is 29.3 Å². The van der Waals surface area contributed by atoms with Crippen LogP contribution in [-0.4, -0.2) is 17.3 Å². The minimum Gasteiger partial charge on any atom is -0.496 e. The summed E-state index contributed by atoms with van der Waals surface area (Å²) in [6, 6.07) is 7.95. The minimum atomic E-state index is 0.400. The largest absolute Gasteiger partial charge is 0.496 e. The molecule has 1 aromatic carbocycles. The van der Waals surface area contributed by atoms with E-state index in [-0.39, 0.29) is 0 Å². The van der Waals surface area contributed by atoms with Gasteiger partial charge in [0.25, 0.3) is 0 Å². The second kappa shape index (κ2) is 5.14. The van der Waals surface area contributed by atoms with Gasteiger partial charge in [0.1, 0.15) is 5.75 Å². The summed E-state index contributed by atoms with van der Waals surface area (Å²) in [5.41, 5.74) is 10.3. The topological polar surface area (TPSA) is 61.0 Å². The highest BCUT2D eigenvalue weighted by atomic mass is 16.5. The molecule has 0 bridgehead atoms. The maximum atomic E-state index is 5.52. The van der Waals surface area contributed by atoms with Crippen LogP contribution in [0.3, 0.4) is 0 Å². The molecular formula is C14H17N3O. The Bertz CT molecular complexity index is 550. The third-order valence-corrected chi connectivity index (χ3v) is 2.83. The Morgan fingerprint density at radius 3 is 2.50 bits per heavy atom. The normalized spacial score (nSPS) is 10.4. The number of nitrogens with zero attached hydrogens (tertiary/aromatic N) is 2. The Kier molecular flexibility index (Phi) is 3.58. The molecule has 0 aliphatic rings. The quantitative estimate of drug-likeness (QED) is 0.898. The van der Waals surface area contributed by atoms with Crippen LogP contribution in [0.5, 0.6) is 5.75 Å². The monoisotopic (exact) mass is 243 g/mol. The average Bonchev–Trinajstić information content (AvgIpc) is 2.38. The summed E-state index contributed by atoms with van der Waals surface area (Å²) in [6.07, 6.45) is 0. The van der Waals surface area contributed by atoms with Gasteiger partial charge in [0.2, 0.25) is 0 Å². The molecule has 18 heavy (non-hydrogen) atoms. The van der Waals surface area contributed by atoms with Crippen molar-refractivity contribution >= 4 is 0 Å². The molecule has 0 atom stereocenters. The standard InChI is InChI=1S/C14H17N3O/c1-9-6-10(2)14(18-3)12(7-9)13-5-4-11(8-15)16-17-13/h4-7H,8,15H2,1-3H3. The number of rotatable bonds is 3. The van der Waals surface area contributed by atoms with Crippen LogP contribution in [0.15, 0.2) is 24.3 Å². The zero-order valence-corrected chi connectivity index (χ0v) is 10.9. The summed E-state index contributed by atoms with van der Waals surface area (Å²) in [5.74, 6) is 0.843. The zero-order valence-electron chi connectivity index (χ0n) is 10.9. The van der Waals surface area contributed by atoms with Crippen molar-refractivity contribution < 1.29 is 4.74 Å². The van der Waals surface area contributed by atoms with E-state index in [9.17, 15) is 0 Å². The summed E-state index contributed by atoms with van der Waals surface area (Å²) in [5, 5.41) is 8.28. The molecule has 0 fully saturated rings. The van der Waals surface area contributed by atoms with Crippen molar-refractivity contribution in [1.29, 1.82) is 0 Å². The lowest BCUT2D eigenvalue weighted by Crippen LogP contribution is -2.02. The number of aryl methyl sites for hydroxylation is 2. The molecule has 0 radical (unpaired) electrons. The third kappa shape index (κ3) is 2.33. The molecule has 0 spiro atoms. The van der Waals surface area contributed by atoms with Gasteiger partial charge in [-0.3, -0.25) is 0 Å². The Hall–Kier alpha value is -1.94. The molecule has 2 rings (SSSR count). The van der Waals surface area contributed by atoms with Crippen molar-refractivity contribution in [2.45, 2.75) is 20.4 Å². The maximum Gasteiger partial charge on any atom is 0.131 e. The molecule has 4 nitrogen and oxygen atoms in total. The van der Waals surface area contributed by atoms with Crippen molar-refractivity contribution in [2.24, 2.45) is 5.73 Å². The molecule has 2 N–H and O–H groups in total. The highest BCUT2D eigenvalue weighted by Gasteiger charge is 2.11. The predicted octanol–water partition coefficient (Wildman–Crippen LogP) is 2.23. The predicted molar refractivity (Wildman–Crippen MR) is 71.4 cm³/mol. The number of hydrogen-bond donors (Lipinski definition) is 1. The first kappa shape index (κ1) is 12.5. The lowest BCUT2D eigenvalue weighted by Gasteiger charge is -2.12. The van der Waals surface area contributed by atoms with Crippen LogP contribution in [0.25, 0.3) is 11.3 Å². The first-order chi connectivity index (χ1) is 8.65. The van der Waals surface area contributed by atoms with Gasteiger partial charge in [-0.25, -0.2) is 0 Å². The average molecular weight is 243 g/mol. The van der Waals surface area contributed by atoms with Crippen molar-refractivity contribution in [2.75, 3.05) is 7.11 Å². The molecule has 0 aliphatic heterocycles. The minimum absolute atomic E-state index is 0.400. The van der Waals surface area contributed by atoms with Gasteiger partial charge in [0, 0.05) is 12.1 Å². The van der Waals surface area contributed by atoms with Crippen molar-refractivity contribution in [3.05, 3.63) is 41.1 Å². The number of aromatic nitrogens is 2. The molecule has 0 unspecified atom stereocenters. The second-order valence-electron chi connectivity index (χ2n) is 4.28. The molecular weight excluding hydrogens is 226 g/mol. The van der Waals surface area contributed by atoms with Crippen molar-refractivity contribution in [3.8, 4) is 17.0 Å². The van der Waals surface area contributed by atoms with Gasteiger partial charge in [-0.15, -0.1) is 0 Å². The zero-order chi connectivity index (χ0) is 13.1. The van der Waals surface area contributed by atoms with Crippen LogP contribution in [0.4, 0.5) is 0 Å². The van der Waals surface area contributed by atoms with Gasteiger partial charge in [-0.1, -0.05) is 6.07 Å². The van der Waals surface area contributed by atoms with E-state index >= 15 is 0 Å². The number of ether oxygens (including phenoxy) is 1. The number of methoxy groups -OCH3 is 1. The maximum absolute atomic E-state index is 5.52. The van der Waals surface area contributed by atoms with Crippen LogP contribution < -0.4 is 10.5 Å². The third-order valence-electron chi connectivity index (χ3n) is 2.83. The van der Waals surface area contributed by atoms with E-state index in [1.165, 1.54) is 5.56 Å². The fourth-order valence-electron chi connectivity index (χ4n) is 2.03. The molecule has 94 valence electrons. The van der Waals surface area contributed by atoms with E-state index in [1.807, 2.05) is 19.1 Å². The van der Waals surface area contributed by atoms with Crippen LogP contribution in [0.2, 0.25) is 0 Å². The van der Waals surface area contributed by atoms with Crippen LogP contribution >= 0.6 is 0 Å². The van der Waals surface area contributed by atoms with E-state index in [0.717, 1.165) is 28.3 Å². The van der Waals surface area contributed by atoms with Gasteiger partial charge in [-0.05, 0) is 43.2 Å². The summed E-state index contributed by atoms with van der Waals surface area (Å²) in [7, 11) is 1.67. The SMILES string of the molecule is COc1c(C)cc(C)cc1-c1ccc(CN)nn1.